The second-order valence-electron chi connectivity index (χ2n) is 6.54. The van der Waals surface area contributed by atoms with Crippen molar-refractivity contribution in [2.24, 2.45) is 7.05 Å². The van der Waals surface area contributed by atoms with Gasteiger partial charge >= 0.3 is 0 Å². The van der Waals surface area contributed by atoms with Crippen molar-refractivity contribution < 1.29 is 4.52 Å². The molecule has 0 saturated carbocycles. The van der Waals surface area contributed by atoms with Gasteiger partial charge in [0.15, 0.2) is 0 Å². The zero-order valence-electron chi connectivity index (χ0n) is 15.3. The maximum absolute atomic E-state index is 5.38. The number of benzene rings is 2. The normalized spacial score (nSPS) is 11.9. The first kappa shape index (κ1) is 16.3. The van der Waals surface area contributed by atoms with E-state index in [1.807, 2.05) is 58.5 Å². The van der Waals surface area contributed by atoms with Crippen LogP contribution in [0.15, 0.2) is 64.3 Å². The zero-order valence-corrected chi connectivity index (χ0v) is 16.1. The number of aromatic nitrogens is 8. The fraction of sp³-hybridized carbons (Fsp3) is 0.105. The number of thioether (sulfide) groups is 1. The van der Waals surface area contributed by atoms with Crippen LogP contribution in [0.4, 0.5) is 0 Å². The molecular weight excluding hydrogens is 388 g/mol. The third kappa shape index (κ3) is 2.46. The van der Waals surface area contributed by atoms with E-state index in [1.165, 1.54) is 11.8 Å². The Hall–Kier alpha value is -3.66. The van der Waals surface area contributed by atoms with Crippen LogP contribution in [0, 0.1) is 0 Å². The van der Waals surface area contributed by atoms with Gasteiger partial charge in [-0.3, -0.25) is 0 Å². The molecule has 10 heteroatoms. The third-order valence-corrected chi connectivity index (χ3v) is 5.70. The number of hydrogen-bond acceptors (Lipinski definition) is 7. The average Bonchev–Trinajstić information content (AvgIpc) is 3.51. The smallest absolute Gasteiger partial charge is 0.260 e. The van der Waals surface area contributed by atoms with Crippen LogP contribution in [0.25, 0.3) is 34.0 Å². The summed E-state index contributed by atoms with van der Waals surface area (Å²) in [6.07, 6.45) is 0. The molecule has 0 amide bonds. The highest BCUT2D eigenvalue weighted by Crippen LogP contribution is 2.26. The van der Waals surface area contributed by atoms with Gasteiger partial charge in [0.05, 0.1) is 16.8 Å². The highest BCUT2D eigenvalue weighted by molar-refractivity contribution is 7.98. The summed E-state index contributed by atoms with van der Waals surface area (Å²) >= 11 is 1.46. The minimum absolute atomic E-state index is 0.481. The minimum atomic E-state index is 0.481. The van der Waals surface area contributed by atoms with Gasteiger partial charge in [-0.15, -0.1) is 15.3 Å². The van der Waals surface area contributed by atoms with Crippen molar-refractivity contribution in [3.8, 4) is 11.4 Å². The number of imidazole rings is 1. The summed E-state index contributed by atoms with van der Waals surface area (Å²) in [5.41, 5.74) is 3.06. The maximum atomic E-state index is 5.38. The van der Waals surface area contributed by atoms with E-state index >= 15 is 0 Å². The molecule has 0 aliphatic rings. The average molecular weight is 402 g/mol. The third-order valence-electron chi connectivity index (χ3n) is 4.79. The SMILES string of the molecule is Cn1c2ccccc2n2c1nn1c(SCc3nc(-c4ccccc4)no3)nnc12. The molecule has 0 aliphatic heterocycles. The van der Waals surface area contributed by atoms with Crippen molar-refractivity contribution in [2.45, 2.75) is 10.9 Å². The van der Waals surface area contributed by atoms with E-state index in [2.05, 4.69) is 32.5 Å². The Bertz CT molecular complexity index is 1480. The Kier molecular flexibility index (Phi) is 3.47. The number of nitrogens with zero attached hydrogens (tertiary/aromatic N) is 8. The molecule has 0 radical (unpaired) electrons. The van der Waals surface area contributed by atoms with Gasteiger partial charge in [-0.2, -0.15) is 9.50 Å². The van der Waals surface area contributed by atoms with Gasteiger partial charge in [-0.05, 0) is 12.1 Å². The highest BCUT2D eigenvalue weighted by Gasteiger charge is 2.19. The minimum Gasteiger partial charge on any atom is -0.338 e. The molecule has 6 aromatic rings. The Morgan fingerprint density at radius 1 is 0.931 bits per heavy atom. The second kappa shape index (κ2) is 6.17. The van der Waals surface area contributed by atoms with Crippen molar-refractivity contribution >= 4 is 34.4 Å². The molecule has 4 aromatic heterocycles. The predicted molar refractivity (Wildman–Crippen MR) is 108 cm³/mol. The Morgan fingerprint density at radius 3 is 2.59 bits per heavy atom. The van der Waals surface area contributed by atoms with Gasteiger partial charge < -0.3 is 9.09 Å². The van der Waals surface area contributed by atoms with Crippen LogP contribution in [-0.4, -0.2) is 38.9 Å². The van der Waals surface area contributed by atoms with Gasteiger partial charge in [-0.25, -0.2) is 4.40 Å². The molecule has 0 spiro atoms. The number of aryl methyl sites for hydroxylation is 1. The van der Waals surface area contributed by atoms with E-state index in [4.69, 9.17) is 9.62 Å². The van der Waals surface area contributed by atoms with E-state index < -0.39 is 0 Å². The fourth-order valence-corrected chi connectivity index (χ4v) is 4.13. The molecule has 2 aromatic carbocycles. The summed E-state index contributed by atoms with van der Waals surface area (Å²) in [4.78, 5) is 4.46. The van der Waals surface area contributed by atoms with E-state index in [1.54, 1.807) is 4.52 Å². The van der Waals surface area contributed by atoms with Crippen LogP contribution in [-0.2, 0) is 12.8 Å². The van der Waals surface area contributed by atoms with Crippen LogP contribution >= 0.6 is 11.8 Å². The summed E-state index contributed by atoms with van der Waals surface area (Å²) < 4.78 is 11.2. The molecule has 0 unspecified atom stereocenters. The van der Waals surface area contributed by atoms with E-state index in [9.17, 15) is 0 Å². The van der Waals surface area contributed by atoms with Gasteiger partial charge in [0.25, 0.3) is 5.78 Å². The van der Waals surface area contributed by atoms with Crippen molar-refractivity contribution in [3.63, 3.8) is 0 Å². The summed E-state index contributed by atoms with van der Waals surface area (Å²) in [6, 6.07) is 17.9. The lowest BCUT2D eigenvalue weighted by Gasteiger charge is -1.95. The Labute approximate surface area is 168 Å². The second-order valence-corrected chi connectivity index (χ2v) is 7.49. The number of para-hydroxylation sites is 2. The molecule has 0 fully saturated rings. The largest absolute Gasteiger partial charge is 0.338 e. The molecule has 142 valence electrons. The standard InChI is InChI=1S/C19H14N8OS/c1-25-13-9-5-6-10-14(13)26-17-21-22-19(27(17)23-18(25)26)29-11-15-20-16(24-28-15)12-7-3-2-4-8-12/h2-10H,11H2,1H3. The van der Waals surface area contributed by atoms with Crippen molar-refractivity contribution in [1.29, 1.82) is 0 Å². The summed E-state index contributed by atoms with van der Waals surface area (Å²) in [7, 11) is 1.99. The van der Waals surface area contributed by atoms with Crippen LogP contribution in [0.2, 0.25) is 0 Å². The Morgan fingerprint density at radius 2 is 1.72 bits per heavy atom. The van der Waals surface area contributed by atoms with Gasteiger partial charge in [0, 0.05) is 12.6 Å². The lowest BCUT2D eigenvalue weighted by Crippen LogP contribution is -1.93. The zero-order chi connectivity index (χ0) is 19.4. The number of hydrogen-bond donors (Lipinski definition) is 0. The van der Waals surface area contributed by atoms with E-state index in [0.29, 0.717) is 28.4 Å². The van der Waals surface area contributed by atoms with Gasteiger partial charge in [0.1, 0.15) is 0 Å². The van der Waals surface area contributed by atoms with E-state index in [-0.39, 0.29) is 0 Å². The van der Waals surface area contributed by atoms with Crippen molar-refractivity contribution in [2.75, 3.05) is 0 Å². The lowest BCUT2D eigenvalue weighted by atomic mass is 10.2. The molecular formula is C19H14N8OS. The van der Waals surface area contributed by atoms with Crippen molar-refractivity contribution in [3.05, 3.63) is 60.5 Å². The fourth-order valence-electron chi connectivity index (χ4n) is 3.42. The van der Waals surface area contributed by atoms with Crippen molar-refractivity contribution in [1.82, 2.24) is 38.9 Å². The first-order valence-corrected chi connectivity index (χ1v) is 9.96. The molecule has 0 N–H and O–H groups in total. The van der Waals surface area contributed by atoms with Gasteiger partial charge in [-0.1, -0.05) is 59.4 Å². The molecule has 29 heavy (non-hydrogen) atoms. The first-order valence-electron chi connectivity index (χ1n) is 8.98. The molecule has 0 bridgehead atoms. The molecule has 4 heterocycles. The van der Waals surface area contributed by atoms with Crippen LogP contribution in [0.5, 0.6) is 0 Å². The monoisotopic (exact) mass is 402 g/mol. The summed E-state index contributed by atoms with van der Waals surface area (Å²) in [5.74, 6) is 3.07. The van der Waals surface area contributed by atoms with E-state index in [0.717, 1.165) is 22.4 Å². The molecule has 6 rings (SSSR count). The lowest BCUT2D eigenvalue weighted by molar-refractivity contribution is 0.391. The first-order chi connectivity index (χ1) is 14.3. The van der Waals surface area contributed by atoms with Crippen LogP contribution in [0.3, 0.4) is 0 Å². The highest BCUT2D eigenvalue weighted by atomic mass is 32.2. The number of rotatable bonds is 4. The Balaban J connectivity index is 1.33. The summed E-state index contributed by atoms with van der Waals surface area (Å²) in [6.45, 7) is 0. The summed E-state index contributed by atoms with van der Waals surface area (Å²) in [5, 5.41) is 18.1. The molecule has 0 saturated heterocycles. The molecule has 0 atom stereocenters. The topological polar surface area (TPSA) is 91.3 Å². The maximum Gasteiger partial charge on any atom is 0.260 e. The molecule has 0 aliphatic carbocycles. The van der Waals surface area contributed by atoms with Crippen LogP contribution in [0.1, 0.15) is 5.89 Å². The number of fused-ring (bicyclic) bond motifs is 5. The molecule has 9 nitrogen and oxygen atoms in total. The quantitative estimate of drug-likeness (QED) is 0.418. The predicted octanol–water partition coefficient (Wildman–Crippen LogP) is 3.21. The van der Waals surface area contributed by atoms with Gasteiger partial charge in [0.2, 0.25) is 22.6 Å². The van der Waals surface area contributed by atoms with Crippen LogP contribution < -0.4 is 0 Å².